The van der Waals surface area contributed by atoms with Crippen molar-refractivity contribution in [2.45, 2.75) is 19.9 Å². The van der Waals surface area contributed by atoms with Gasteiger partial charge in [-0.15, -0.1) is 0 Å². The van der Waals surface area contributed by atoms with Gasteiger partial charge in [-0.05, 0) is 35.4 Å². The Morgan fingerprint density at radius 1 is 1.00 bits per heavy atom. The lowest BCUT2D eigenvalue weighted by molar-refractivity contribution is 0.386. The van der Waals surface area contributed by atoms with E-state index in [1.165, 1.54) is 6.07 Å². The van der Waals surface area contributed by atoms with Crippen molar-refractivity contribution in [1.29, 1.82) is 0 Å². The van der Waals surface area contributed by atoms with Crippen molar-refractivity contribution >= 4 is 11.4 Å². The van der Waals surface area contributed by atoms with E-state index in [4.69, 9.17) is 4.42 Å². The predicted octanol–water partition coefficient (Wildman–Crippen LogP) is 4.25. The Morgan fingerprint density at radius 2 is 1.59 bits per heavy atom. The van der Waals surface area contributed by atoms with Crippen LogP contribution in [-0.4, -0.2) is 19.2 Å². The Morgan fingerprint density at radius 3 is 2.15 bits per heavy atom. The molecule has 0 saturated carbocycles. The molecule has 3 rings (SSSR count). The van der Waals surface area contributed by atoms with Crippen molar-refractivity contribution < 1.29 is 9.52 Å². The normalized spacial score (nSPS) is 10.6. The predicted molar refractivity (Wildman–Crippen MR) is 110 cm³/mol. The summed E-state index contributed by atoms with van der Waals surface area (Å²) in [6, 6.07) is 17.7. The zero-order chi connectivity index (χ0) is 19.4. The van der Waals surface area contributed by atoms with Crippen LogP contribution in [0.4, 0.5) is 11.4 Å². The van der Waals surface area contributed by atoms with Crippen LogP contribution >= 0.6 is 0 Å². The van der Waals surface area contributed by atoms with E-state index in [9.17, 15) is 9.90 Å². The number of anilines is 2. The molecule has 0 fully saturated rings. The molecule has 0 radical (unpaired) electrons. The van der Waals surface area contributed by atoms with Gasteiger partial charge in [0.15, 0.2) is 5.76 Å². The second kappa shape index (κ2) is 7.99. The van der Waals surface area contributed by atoms with Gasteiger partial charge in [0.2, 0.25) is 11.2 Å². The first-order chi connectivity index (χ1) is 13.0. The minimum atomic E-state index is -0.411. The number of nitrogens with zero attached hydrogens (tertiary/aromatic N) is 1. The van der Waals surface area contributed by atoms with Gasteiger partial charge in [-0.3, -0.25) is 4.79 Å². The van der Waals surface area contributed by atoms with Crippen LogP contribution < -0.4 is 15.6 Å². The molecular weight excluding hydrogens is 340 g/mol. The van der Waals surface area contributed by atoms with Gasteiger partial charge in [0.25, 0.3) is 0 Å². The molecular formula is C22H24N2O3. The molecule has 5 heteroatoms. The highest BCUT2D eigenvalue weighted by molar-refractivity contribution is 5.68. The van der Waals surface area contributed by atoms with E-state index >= 15 is 0 Å². The molecule has 0 aliphatic heterocycles. The van der Waals surface area contributed by atoms with Crippen LogP contribution in [0.2, 0.25) is 0 Å². The minimum Gasteiger partial charge on any atom is -0.502 e. The molecule has 5 nitrogen and oxygen atoms in total. The lowest BCUT2D eigenvalue weighted by Gasteiger charge is -2.13. The first-order valence-electron chi connectivity index (χ1n) is 8.94. The van der Waals surface area contributed by atoms with Gasteiger partial charge < -0.3 is 19.7 Å². The van der Waals surface area contributed by atoms with Gasteiger partial charge in [-0.25, -0.2) is 0 Å². The third-order valence-electron chi connectivity index (χ3n) is 4.45. The summed E-state index contributed by atoms with van der Waals surface area (Å²) in [5, 5.41) is 13.1. The maximum atomic E-state index is 11.8. The molecule has 0 saturated heterocycles. The highest BCUT2D eigenvalue weighted by Crippen LogP contribution is 2.24. The zero-order valence-electron chi connectivity index (χ0n) is 15.8. The Labute approximate surface area is 158 Å². The third kappa shape index (κ3) is 4.31. The van der Waals surface area contributed by atoms with Gasteiger partial charge >= 0.3 is 0 Å². The molecule has 140 valence electrons. The van der Waals surface area contributed by atoms with Crippen LogP contribution in [0, 0.1) is 0 Å². The lowest BCUT2D eigenvalue weighted by Crippen LogP contribution is -2.08. The van der Waals surface area contributed by atoms with Crippen LogP contribution in [0.5, 0.6) is 5.75 Å². The van der Waals surface area contributed by atoms with E-state index in [2.05, 4.69) is 34.5 Å². The number of hydrogen-bond acceptors (Lipinski definition) is 5. The summed E-state index contributed by atoms with van der Waals surface area (Å²) in [6.07, 6.45) is 0.601. The van der Waals surface area contributed by atoms with E-state index in [0.717, 1.165) is 22.5 Å². The van der Waals surface area contributed by atoms with Crippen LogP contribution in [0.25, 0.3) is 11.1 Å². The molecule has 27 heavy (non-hydrogen) atoms. The summed E-state index contributed by atoms with van der Waals surface area (Å²) in [7, 11) is 4.04. The number of aromatic hydroxyl groups is 1. The Kier molecular flexibility index (Phi) is 5.50. The third-order valence-corrected chi connectivity index (χ3v) is 4.45. The SMILES string of the molecule is CCc1cc(=O)c(O)c(CNc2ccc(-c3ccc(N(C)C)cc3)cc2)o1. The molecule has 2 aromatic carbocycles. The first kappa shape index (κ1) is 18.6. The monoisotopic (exact) mass is 364 g/mol. The second-order valence-corrected chi connectivity index (χ2v) is 6.57. The average Bonchev–Trinajstić information content (AvgIpc) is 2.69. The van der Waals surface area contributed by atoms with Gasteiger partial charge in [0, 0.05) is 38.0 Å². The van der Waals surface area contributed by atoms with E-state index in [1.807, 2.05) is 45.3 Å². The Hall–Kier alpha value is -3.21. The zero-order valence-corrected chi connectivity index (χ0v) is 15.8. The van der Waals surface area contributed by atoms with E-state index in [0.29, 0.717) is 12.2 Å². The quantitative estimate of drug-likeness (QED) is 0.684. The lowest BCUT2D eigenvalue weighted by atomic mass is 10.0. The van der Waals surface area contributed by atoms with Crippen molar-refractivity contribution in [3.63, 3.8) is 0 Å². The molecule has 0 aliphatic carbocycles. The van der Waals surface area contributed by atoms with Crippen molar-refractivity contribution in [3.8, 4) is 16.9 Å². The molecule has 0 bridgehead atoms. The summed E-state index contributed by atoms with van der Waals surface area (Å²) in [4.78, 5) is 13.8. The highest BCUT2D eigenvalue weighted by Gasteiger charge is 2.10. The maximum Gasteiger partial charge on any atom is 0.227 e. The van der Waals surface area contributed by atoms with Crippen LogP contribution in [0.3, 0.4) is 0 Å². The van der Waals surface area contributed by atoms with Crippen LogP contribution in [0.15, 0.2) is 63.8 Å². The van der Waals surface area contributed by atoms with Crippen LogP contribution in [-0.2, 0) is 13.0 Å². The molecule has 1 aromatic heterocycles. The van der Waals surface area contributed by atoms with Crippen molar-refractivity contribution in [2.75, 3.05) is 24.3 Å². The fourth-order valence-electron chi connectivity index (χ4n) is 2.80. The summed E-state index contributed by atoms with van der Waals surface area (Å²) in [5.74, 6) is 0.478. The molecule has 0 spiro atoms. The molecule has 0 aliphatic rings. The molecule has 0 atom stereocenters. The second-order valence-electron chi connectivity index (χ2n) is 6.57. The van der Waals surface area contributed by atoms with Crippen molar-refractivity contribution in [1.82, 2.24) is 0 Å². The molecule has 0 unspecified atom stereocenters. The fraction of sp³-hybridized carbons (Fsp3) is 0.227. The summed E-state index contributed by atoms with van der Waals surface area (Å²) >= 11 is 0. The fourth-order valence-corrected chi connectivity index (χ4v) is 2.80. The number of benzene rings is 2. The minimum absolute atomic E-state index is 0.242. The van der Waals surface area contributed by atoms with Crippen molar-refractivity contribution in [3.05, 3.63) is 76.3 Å². The molecule has 0 amide bonds. The first-order valence-corrected chi connectivity index (χ1v) is 8.94. The maximum absolute atomic E-state index is 11.8. The summed E-state index contributed by atoms with van der Waals surface area (Å²) in [5.41, 5.74) is 3.89. The van der Waals surface area contributed by atoms with E-state index < -0.39 is 5.43 Å². The molecule has 2 N–H and O–H groups in total. The highest BCUT2D eigenvalue weighted by atomic mass is 16.4. The number of nitrogens with one attached hydrogen (secondary N) is 1. The van der Waals surface area contributed by atoms with Gasteiger partial charge in [0.1, 0.15) is 5.76 Å². The van der Waals surface area contributed by atoms with E-state index in [1.54, 1.807) is 0 Å². The molecule has 3 aromatic rings. The smallest absolute Gasteiger partial charge is 0.227 e. The Balaban J connectivity index is 1.71. The number of aryl methyl sites for hydroxylation is 1. The topological polar surface area (TPSA) is 65.7 Å². The standard InChI is InChI=1S/C22H24N2O3/c1-4-19-13-20(25)22(26)21(27-19)14-23-17-9-5-15(6-10-17)16-7-11-18(12-8-16)24(2)3/h5-13,23,26H,4,14H2,1-3H3. The Bertz CT molecular complexity index is 958. The van der Waals surface area contributed by atoms with Crippen LogP contribution in [0.1, 0.15) is 18.4 Å². The van der Waals surface area contributed by atoms with Gasteiger partial charge in [-0.2, -0.15) is 0 Å². The van der Waals surface area contributed by atoms with E-state index in [-0.39, 0.29) is 18.1 Å². The summed E-state index contributed by atoms with van der Waals surface area (Å²) in [6.45, 7) is 2.14. The largest absolute Gasteiger partial charge is 0.502 e. The summed E-state index contributed by atoms with van der Waals surface area (Å²) < 4.78 is 5.57. The average molecular weight is 364 g/mol. The number of hydrogen-bond donors (Lipinski definition) is 2. The molecule has 1 heterocycles. The van der Waals surface area contributed by atoms with Gasteiger partial charge in [0.05, 0.1) is 6.54 Å². The number of rotatable bonds is 6. The van der Waals surface area contributed by atoms with Crippen molar-refractivity contribution in [2.24, 2.45) is 0 Å². The van der Waals surface area contributed by atoms with Gasteiger partial charge in [-0.1, -0.05) is 31.2 Å².